The second kappa shape index (κ2) is 6.59. The topological polar surface area (TPSA) is 75.6 Å². The first-order chi connectivity index (χ1) is 7.58. The molecule has 0 fully saturated rings. The highest BCUT2D eigenvalue weighted by atomic mass is 32.2. The van der Waals surface area contributed by atoms with Gasteiger partial charge in [0, 0.05) is 13.2 Å². The van der Waals surface area contributed by atoms with E-state index < -0.39 is 10.3 Å². The molecule has 0 bridgehead atoms. The van der Waals surface area contributed by atoms with Crippen LogP contribution in [-0.4, -0.2) is 26.1 Å². The monoisotopic (exact) mass is 245 g/mol. The van der Waals surface area contributed by atoms with Gasteiger partial charge in [0.25, 0.3) is 0 Å². The molecule has 0 aliphatic heterocycles. The molecular weight excluding hydrogens is 230 g/mol. The van der Waals surface area contributed by atoms with Crippen LogP contribution >= 0.6 is 0 Å². The van der Waals surface area contributed by atoms with Crippen LogP contribution in [0.5, 0.6) is 0 Å². The number of rotatable bonds is 7. The van der Waals surface area contributed by atoms with Crippen LogP contribution < -0.4 is 4.72 Å². The maximum Gasteiger partial charge on any atom is 0.333 e. The molecule has 0 aliphatic rings. The molecule has 0 heterocycles. The van der Waals surface area contributed by atoms with Crippen molar-refractivity contribution in [1.82, 2.24) is 4.72 Å². The predicted octanol–water partition coefficient (Wildman–Crippen LogP) is 0.986. The largest absolute Gasteiger partial charge is 0.377 e. The second-order valence-corrected chi connectivity index (χ2v) is 4.50. The lowest BCUT2D eigenvalue weighted by atomic mass is 10.2. The minimum Gasteiger partial charge on any atom is -0.377 e. The normalized spacial score (nSPS) is 11.6. The molecule has 6 heteroatoms. The Balaban J connectivity index is 2.05. The third kappa shape index (κ3) is 6.52. The molecule has 0 unspecified atom stereocenters. The Kier molecular flexibility index (Phi) is 5.41. The maximum atomic E-state index is 10.3. The summed E-state index contributed by atoms with van der Waals surface area (Å²) in [7, 11) is -4.07. The van der Waals surface area contributed by atoms with Crippen LogP contribution in [0.3, 0.4) is 0 Å². The van der Waals surface area contributed by atoms with E-state index in [-0.39, 0.29) is 6.54 Å². The lowest BCUT2D eigenvalue weighted by molar-refractivity contribution is 0.119. The molecule has 2 N–H and O–H groups in total. The average Bonchev–Trinajstić information content (AvgIpc) is 2.23. The van der Waals surface area contributed by atoms with Crippen LogP contribution in [-0.2, 0) is 21.6 Å². The summed E-state index contributed by atoms with van der Waals surface area (Å²) in [5, 5.41) is 0. The maximum absolute atomic E-state index is 10.3. The van der Waals surface area contributed by atoms with Crippen molar-refractivity contribution in [2.75, 3.05) is 13.2 Å². The lowest BCUT2D eigenvalue weighted by Crippen LogP contribution is -2.24. The Bertz CT molecular complexity index is 391. The molecule has 1 rings (SSSR count). The summed E-state index contributed by atoms with van der Waals surface area (Å²) >= 11 is 0. The molecular formula is C10H15NO4S. The second-order valence-electron chi connectivity index (χ2n) is 3.26. The predicted molar refractivity (Wildman–Crippen MR) is 60.3 cm³/mol. The molecule has 0 saturated heterocycles. The fourth-order valence-corrected chi connectivity index (χ4v) is 1.54. The molecule has 0 radical (unpaired) electrons. The van der Waals surface area contributed by atoms with Gasteiger partial charge in [-0.2, -0.15) is 13.1 Å². The summed E-state index contributed by atoms with van der Waals surface area (Å²) in [6.45, 7) is 1.12. The van der Waals surface area contributed by atoms with Crippen LogP contribution in [0.1, 0.15) is 12.0 Å². The zero-order valence-corrected chi connectivity index (χ0v) is 9.61. The van der Waals surface area contributed by atoms with Gasteiger partial charge in [-0.3, -0.25) is 4.55 Å². The van der Waals surface area contributed by atoms with E-state index in [1.165, 1.54) is 0 Å². The Morgan fingerprint density at radius 2 is 1.94 bits per heavy atom. The summed E-state index contributed by atoms with van der Waals surface area (Å²) in [6, 6.07) is 9.70. The number of nitrogens with one attached hydrogen (secondary N) is 1. The first-order valence-corrected chi connectivity index (χ1v) is 6.36. The van der Waals surface area contributed by atoms with Gasteiger partial charge >= 0.3 is 10.3 Å². The molecule has 0 saturated carbocycles. The zero-order valence-electron chi connectivity index (χ0n) is 8.80. The number of benzene rings is 1. The van der Waals surface area contributed by atoms with Crippen LogP contribution in [0.15, 0.2) is 30.3 Å². The quantitative estimate of drug-likeness (QED) is 0.555. The summed E-state index contributed by atoms with van der Waals surface area (Å²) in [5.41, 5.74) is 1.07. The van der Waals surface area contributed by atoms with Crippen LogP contribution in [0.4, 0.5) is 0 Å². The number of hydrogen-bond donors (Lipinski definition) is 2. The number of ether oxygens (including phenoxy) is 1. The summed E-state index contributed by atoms with van der Waals surface area (Å²) in [4.78, 5) is 0. The van der Waals surface area contributed by atoms with E-state index in [1.807, 2.05) is 35.1 Å². The Labute approximate surface area is 95.3 Å². The molecule has 90 valence electrons. The van der Waals surface area contributed by atoms with Crippen molar-refractivity contribution in [3.05, 3.63) is 35.9 Å². The van der Waals surface area contributed by atoms with Gasteiger partial charge in [0.15, 0.2) is 0 Å². The fraction of sp³-hybridized carbons (Fsp3) is 0.400. The van der Waals surface area contributed by atoms with Gasteiger partial charge in [-0.1, -0.05) is 30.3 Å². The van der Waals surface area contributed by atoms with Gasteiger partial charge in [0.05, 0.1) is 6.61 Å². The van der Waals surface area contributed by atoms with Crippen LogP contribution in [0, 0.1) is 0 Å². The van der Waals surface area contributed by atoms with Gasteiger partial charge in [0.1, 0.15) is 0 Å². The molecule has 0 aromatic heterocycles. The van der Waals surface area contributed by atoms with E-state index in [2.05, 4.69) is 0 Å². The van der Waals surface area contributed by atoms with Gasteiger partial charge in [-0.25, -0.2) is 0 Å². The Morgan fingerprint density at radius 1 is 1.25 bits per heavy atom. The average molecular weight is 245 g/mol. The highest BCUT2D eigenvalue weighted by molar-refractivity contribution is 7.83. The van der Waals surface area contributed by atoms with Crippen molar-refractivity contribution in [1.29, 1.82) is 0 Å². The zero-order chi connectivity index (χ0) is 11.9. The molecule has 5 nitrogen and oxygen atoms in total. The Morgan fingerprint density at radius 3 is 2.56 bits per heavy atom. The third-order valence-electron chi connectivity index (χ3n) is 1.86. The lowest BCUT2D eigenvalue weighted by Gasteiger charge is -2.04. The standard InChI is InChI=1S/C10H15NO4S/c12-16(13,14)11-7-4-8-15-9-10-5-2-1-3-6-10/h1-3,5-6,11H,4,7-9H2,(H,12,13,14). The highest BCUT2D eigenvalue weighted by Gasteiger charge is 2.00. The van der Waals surface area contributed by atoms with Crippen LogP contribution in [0.2, 0.25) is 0 Å². The highest BCUT2D eigenvalue weighted by Crippen LogP contribution is 2.00. The third-order valence-corrected chi connectivity index (χ3v) is 2.43. The number of hydrogen-bond acceptors (Lipinski definition) is 3. The Hall–Kier alpha value is -0.950. The van der Waals surface area contributed by atoms with E-state index in [1.54, 1.807) is 0 Å². The van der Waals surface area contributed by atoms with E-state index in [0.717, 1.165) is 5.56 Å². The molecule has 1 aromatic rings. The van der Waals surface area contributed by atoms with E-state index in [9.17, 15) is 8.42 Å². The van der Waals surface area contributed by atoms with Crippen molar-refractivity contribution in [2.24, 2.45) is 0 Å². The molecule has 0 atom stereocenters. The van der Waals surface area contributed by atoms with Gasteiger partial charge in [0.2, 0.25) is 0 Å². The fourth-order valence-electron chi connectivity index (χ4n) is 1.14. The smallest absolute Gasteiger partial charge is 0.333 e. The van der Waals surface area contributed by atoms with E-state index in [0.29, 0.717) is 19.6 Å². The summed E-state index contributed by atoms with van der Waals surface area (Å²) in [6.07, 6.45) is 0.520. The van der Waals surface area contributed by atoms with Gasteiger partial charge in [-0.15, -0.1) is 0 Å². The molecule has 16 heavy (non-hydrogen) atoms. The summed E-state index contributed by atoms with van der Waals surface area (Å²) in [5.74, 6) is 0. The van der Waals surface area contributed by atoms with Gasteiger partial charge in [-0.05, 0) is 12.0 Å². The minimum absolute atomic E-state index is 0.174. The summed E-state index contributed by atoms with van der Waals surface area (Å²) < 4.78 is 36.2. The molecule has 0 spiro atoms. The van der Waals surface area contributed by atoms with Crippen molar-refractivity contribution in [3.63, 3.8) is 0 Å². The SMILES string of the molecule is O=S(=O)(O)NCCCOCc1ccccc1. The van der Waals surface area contributed by atoms with Crippen molar-refractivity contribution in [3.8, 4) is 0 Å². The van der Waals surface area contributed by atoms with Crippen molar-refractivity contribution >= 4 is 10.3 Å². The first kappa shape index (κ1) is 13.1. The van der Waals surface area contributed by atoms with Crippen molar-refractivity contribution in [2.45, 2.75) is 13.0 Å². The van der Waals surface area contributed by atoms with Crippen LogP contribution in [0.25, 0.3) is 0 Å². The molecule has 0 aliphatic carbocycles. The van der Waals surface area contributed by atoms with Crippen molar-refractivity contribution < 1.29 is 17.7 Å². The van der Waals surface area contributed by atoms with E-state index >= 15 is 0 Å². The minimum atomic E-state index is -4.07. The van der Waals surface area contributed by atoms with Gasteiger partial charge < -0.3 is 4.74 Å². The molecule has 0 amide bonds. The first-order valence-electron chi connectivity index (χ1n) is 4.92. The van der Waals surface area contributed by atoms with E-state index in [4.69, 9.17) is 9.29 Å². The molecule has 1 aromatic carbocycles.